The van der Waals surface area contributed by atoms with E-state index in [-0.39, 0.29) is 23.0 Å². The van der Waals surface area contributed by atoms with Gasteiger partial charge in [-0.05, 0) is 32.8 Å². The van der Waals surface area contributed by atoms with Gasteiger partial charge < -0.3 is 15.8 Å². The van der Waals surface area contributed by atoms with Crippen LogP contribution >= 0.6 is 0 Å². The molecule has 0 bridgehead atoms. The molecule has 0 saturated heterocycles. The Balaban J connectivity index is 2.46. The van der Waals surface area contributed by atoms with Crippen LogP contribution in [0.5, 0.6) is 0 Å². The molecular formula is C14H21N3O4. The number of para-hydroxylation sites is 1. The van der Waals surface area contributed by atoms with Crippen LogP contribution < -0.4 is 11.1 Å². The first-order valence-electron chi connectivity index (χ1n) is 6.86. The predicted molar refractivity (Wildman–Crippen MR) is 80.2 cm³/mol. The SMILES string of the molecule is CC(C)OCCCCNC(=O)c1cccc([N+](=O)[O-])c1N. The third kappa shape index (κ3) is 5.39. The van der Waals surface area contributed by atoms with Crippen LogP contribution in [0.2, 0.25) is 0 Å². The van der Waals surface area contributed by atoms with Crippen molar-refractivity contribution in [1.29, 1.82) is 0 Å². The molecule has 0 fully saturated rings. The minimum absolute atomic E-state index is 0.108. The zero-order valence-corrected chi connectivity index (χ0v) is 12.3. The number of amides is 1. The summed E-state index contributed by atoms with van der Waals surface area (Å²) in [5.74, 6) is -0.402. The predicted octanol–water partition coefficient (Wildman–Crippen LogP) is 2.11. The zero-order chi connectivity index (χ0) is 15.8. The van der Waals surface area contributed by atoms with Gasteiger partial charge in [0.25, 0.3) is 11.6 Å². The maximum absolute atomic E-state index is 11.9. The molecule has 7 nitrogen and oxygen atoms in total. The second-order valence-corrected chi connectivity index (χ2v) is 4.88. The summed E-state index contributed by atoms with van der Waals surface area (Å²) in [6.07, 6.45) is 1.81. The molecule has 0 aliphatic carbocycles. The van der Waals surface area contributed by atoms with Crippen molar-refractivity contribution in [3.63, 3.8) is 0 Å². The number of unbranched alkanes of at least 4 members (excludes halogenated alkanes) is 1. The van der Waals surface area contributed by atoms with Crippen molar-refractivity contribution in [1.82, 2.24) is 5.32 Å². The Morgan fingerprint density at radius 1 is 1.43 bits per heavy atom. The van der Waals surface area contributed by atoms with E-state index in [1.54, 1.807) is 0 Å². The molecule has 116 valence electrons. The average Bonchev–Trinajstić information content (AvgIpc) is 2.42. The maximum atomic E-state index is 11.9. The number of ether oxygens (including phenoxy) is 1. The molecule has 0 spiro atoms. The Labute approximate surface area is 123 Å². The molecule has 0 aromatic heterocycles. The van der Waals surface area contributed by atoms with Crippen LogP contribution in [0.4, 0.5) is 11.4 Å². The third-order valence-corrected chi connectivity index (χ3v) is 2.83. The number of nitro benzene ring substituents is 1. The van der Waals surface area contributed by atoms with Gasteiger partial charge in [0.2, 0.25) is 0 Å². The number of carbonyl (C=O) groups is 1. The molecule has 0 aliphatic heterocycles. The number of nitrogen functional groups attached to an aromatic ring is 1. The normalized spacial score (nSPS) is 10.6. The van der Waals surface area contributed by atoms with Crippen LogP contribution in [0, 0.1) is 10.1 Å². The van der Waals surface area contributed by atoms with E-state index in [0.29, 0.717) is 13.2 Å². The molecule has 0 aliphatic rings. The summed E-state index contributed by atoms with van der Waals surface area (Å²) >= 11 is 0. The van der Waals surface area contributed by atoms with Crippen molar-refractivity contribution >= 4 is 17.3 Å². The van der Waals surface area contributed by atoms with Crippen LogP contribution in [-0.4, -0.2) is 30.1 Å². The molecule has 1 aromatic rings. The van der Waals surface area contributed by atoms with E-state index < -0.39 is 10.8 Å². The van der Waals surface area contributed by atoms with Gasteiger partial charge in [-0.2, -0.15) is 0 Å². The number of nitrogens with one attached hydrogen (secondary N) is 1. The van der Waals surface area contributed by atoms with E-state index in [1.807, 2.05) is 13.8 Å². The number of nitrogens with zero attached hydrogens (tertiary/aromatic N) is 1. The quantitative estimate of drug-likeness (QED) is 0.330. The summed E-state index contributed by atoms with van der Waals surface area (Å²) in [7, 11) is 0. The number of nitrogens with two attached hydrogens (primary N) is 1. The maximum Gasteiger partial charge on any atom is 0.292 e. The third-order valence-electron chi connectivity index (χ3n) is 2.83. The van der Waals surface area contributed by atoms with Gasteiger partial charge in [0, 0.05) is 19.2 Å². The standard InChI is InChI=1S/C14H21N3O4/c1-10(2)21-9-4-3-8-16-14(18)11-6-5-7-12(13(11)15)17(19)20/h5-7,10H,3-4,8-9,15H2,1-2H3,(H,16,18). The Bertz CT molecular complexity index is 503. The highest BCUT2D eigenvalue weighted by Gasteiger charge is 2.18. The van der Waals surface area contributed by atoms with Crippen LogP contribution in [-0.2, 0) is 4.74 Å². The first kappa shape index (κ1) is 16.9. The highest BCUT2D eigenvalue weighted by molar-refractivity contribution is 6.00. The number of nitro groups is 1. The summed E-state index contributed by atoms with van der Waals surface area (Å²) in [5, 5.41) is 13.5. The van der Waals surface area contributed by atoms with Crippen molar-refractivity contribution in [2.45, 2.75) is 32.8 Å². The lowest BCUT2D eigenvalue weighted by molar-refractivity contribution is -0.383. The van der Waals surface area contributed by atoms with Gasteiger partial charge in [-0.25, -0.2) is 0 Å². The topological polar surface area (TPSA) is 107 Å². The lowest BCUT2D eigenvalue weighted by Gasteiger charge is -2.09. The lowest BCUT2D eigenvalue weighted by Crippen LogP contribution is -2.25. The van der Waals surface area contributed by atoms with Gasteiger partial charge in [-0.15, -0.1) is 0 Å². The van der Waals surface area contributed by atoms with Gasteiger partial charge in [0.1, 0.15) is 5.69 Å². The molecule has 0 atom stereocenters. The molecule has 0 unspecified atom stereocenters. The fourth-order valence-corrected chi connectivity index (χ4v) is 1.75. The van der Waals surface area contributed by atoms with Crippen LogP contribution in [0.1, 0.15) is 37.0 Å². The Kier molecular flexibility index (Phi) is 6.61. The van der Waals surface area contributed by atoms with Gasteiger partial charge in [0.15, 0.2) is 0 Å². The summed E-state index contributed by atoms with van der Waals surface area (Å²) < 4.78 is 5.39. The summed E-state index contributed by atoms with van der Waals surface area (Å²) in [5.41, 5.74) is 5.41. The average molecular weight is 295 g/mol. The van der Waals surface area contributed by atoms with E-state index in [1.165, 1.54) is 18.2 Å². The van der Waals surface area contributed by atoms with Crippen LogP contribution in [0.15, 0.2) is 18.2 Å². The fraction of sp³-hybridized carbons (Fsp3) is 0.500. The highest BCUT2D eigenvalue weighted by Crippen LogP contribution is 2.24. The number of hydrogen-bond donors (Lipinski definition) is 2. The van der Waals surface area contributed by atoms with Gasteiger partial charge in [0.05, 0.1) is 16.6 Å². The first-order valence-corrected chi connectivity index (χ1v) is 6.86. The number of benzene rings is 1. The smallest absolute Gasteiger partial charge is 0.292 e. The second-order valence-electron chi connectivity index (χ2n) is 4.88. The Hall–Kier alpha value is -2.15. The molecule has 1 rings (SSSR count). The van der Waals surface area contributed by atoms with Gasteiger partial charge >= 0.3 is 0 Å². The molecule has 1 amide bonds. The first-order chi connectivity index (χ1) is 9.93. The number of carbonyl (C=O) groups excluding carboxylic acids is 1. The molecule has 3 N–H and O–H groups in total. The number of hydrogen-bond acceptors (Lipinski definition) is 5. The minimum Gasteiger partial charge on any atom is -0.393 e. The molecule has 0 heterocycles. The zero-order valence-electron chi connectivity index (χ0n) is 12.3. The van der Waals surface area contributed by atoms with E-state index >= 15 is 0 Å². The molecular weight excluding hydrogens is 274 g/mol. The van der Waals surface area contributed by atoms with Crippen molar-refractivity contribution in [2.24, 2.45) is 0 Å². The van der Waals surface area contributed by atoms with Gasteiger partial charge in [-0.3, -0.25) is 14.9 Å². The Morgan fingerprint density at radius 3 is 2.76 bits per heavy atom. The fourth-order valence-electron chi connectivity index (χ4n) is 1.75. The van der Waals surface area contributed by atoms with Crippen molar-refractivity contribution < 1.29 is 14.5 Å². The number of rotatable bonds is 8. The van der Waals surface area contributed by atoms with E-state index in [9.17, 15) is 14.9 Å². The molecule has 21 heavy (non-hydrogen) atoms. The largest absolute Gasteiger partial charge is 0.393 e. The monoisotopic (exact) mass is 295 g/mol. The van der Waals surface area contributed by atoms with Crippen molar-refractivity contribution in [2.75, 3.05) is 18.9 Å². The summed E-state index contributed by atoms with van der Waals surface area (Å²) in [6, 6.07) is 4.19. The highest BCUT2D eigenvalue weighted by atomic mass is 16.6. The van der Waals surface area contributed by atoms with E-state index in [2.05, 4.69) is 5.32 Å². The number of anilines is 1. The van der Waals surface area contributed by atoms with Crippen LogP contribution in [0.25, 0.3) is 0 Å². The molecule has 7 heteroatoms. The van der Waals surface area contributed by atoms with Crippen molar-refractivity contribution in [3.8, 4) is 0 Å². The Morgan fingerprint density at radius 2 is 2.14 bits per heavy atom. The van der Waals surface area contributed by atoms with E-state index in [4.69, 9.17) is 10.5 Å². The molecule has 0 radical (unpaired) electrons. The second kappa shape index (κ2) is 8.21. The lowest BCUT2D eigenvalue weighted by atomic mass is 10.1. The molecule has 0 saturated carbocycles. The summed E-state index contributed by atoms with van der Waals surface area (Å²) in [4.78, 5) is 22.1. The van der Waals surface area contributed by atoms with E-state index in [0.717, 1.165) is 12.8 Å². The minimum atomic E-state index is -0.602. The van der Waals surface area contributed by atoms with Crippen molar-refractivity contribution in [3.05, 3.63) is 33.9 Å². The van der Waals surface area contributed by atoms with Crippen LogP contribution in [0.3, 0.4) is 0 Å². The molecule has 1 aromatic carbocycles. The summed E-state index contributed by atoms with van der Waals surface area (Å²) in [6.45, 7) is 5.05. The van der Waals surface area contributed by atoms with Gasteiger partial charge in [-0.1, -0.05) is 6.07 Å².